The minimum absolute atomic E-state index is 0.783. The number of fused-ring (bicyclic) bond motifs is 1. The summed E-state index contributed by atoms with van der Waals surface area (Å²) < 4.78 is 6.55. The first-order valence-corrected chi connectivity index (χ1v) is 7.09. The lowest BCUT2D eigenvalue weighted by atomic mass is 10.3. The molecule has 0 amide bonds. The molecule has 2 aromatic rings. The quantitative estimate of drug-likeness (QED) is 0.596. The van der Waals surface area contributed by atoms with Crippen LogP contribution in [0.3, 0.4) is 0 Å². The van der Waals surface area contributed by atoms with Crippen molar-refractivity contribution in [1.29, 1.82) is 0 Å². The third kappa shape index (κ3) is 3.58. The summed E-state index contributed by atoms with van der Waals surface area (Å²) in [6, 6.07) is 5.80. The van der Waals surface area contributed by atoms with E-state index < -0.39 is 0 Å². The second-order valence-corrected chi connectivity index (χ2v) is 5.17. The second-order valence-electron chi connectivity index (χ2n) is 4.14. The first-order valence-electron chi connectivity index (χ1n) is 6.27. The fourth-order valence-corrected chi connectivity index (χ4v) is 2.57. The fourth-order valence-electron chi connectivity index (χ4n) is 1.63. The monoisotopic (exact) mass is 265 g/mol. The molecule has 0 aliphatic rings. The summed E-state index contributed by atoms with van der Waals surface area (Å²) in [4.78, 5) is 4.50. The van der Waals surface area contributed by atoms with E-state index in [0.717, 1.165) is 53.6 Å². The third-order valence-corrected chi connectivity index (χ3v) is 3.48. The summed E-state index contributed by atoms with van der Waals surface area (Å²) in [5.41, 5.74) is 7.53. The molecule has 18 heavy (non-hydrogen) atoms. The van der Waals surface area contributed by atoms with Crippen molar-refractivity contribution in [3.63, 3.8) is 0 Å². The van der Waals surface area contributed by atoms with Gasteiger partial charge in [-0.1, -0.05) is 18.3 Å². The van der Waals surface area contributed by atoms with Gasteiger partial charge in [-0.05, 0) is 31.0 Å². The van der Waals surface area contributed by atoms with E-state index in [1.165, 1.54) is 0 Å². The van der Waals surface area contributed by atoms with E-state index in [-0.39, 0.29) is 0 Å². The van der Waals surface area contributed by atoms with Crippen LogP contribution in [0.4, 0.5) is 10.8 Å². The molecule has 0 saturated carbocycles. The highest BCUT2D eigenvalue weighted by atomic mass is 32.1. The number of anilines is 2. The average molecular weight is 265 g/mol. The summed E-state index contributed by atoms with van der Waals surface area (Å²) >= 11 is 1.64. The van der Waals surface area contributed by atoms with E-state index in [2.05, 4.69) is 17.2 Å². The van der Waals surface area contributed by atoms with Gasteiger partial charge >= 0.3 is 0 Å². The lowest BCUT2D eigenvalue weighted by molar-refractivity contribution is 0.134. The van der Waals surface area contributed by atoms with Gasteiger partial charge in [0.25, 0.3) is 0 Å². The fraction of sp³-hybridized carbons (Fsp3) is 0.462. The van der Waals surface area contributed by atoms with Crippen LogP contribution in [0.2, 0.25) is 0 Å². The number of nitrogens with zero attached hydrogens (tertiary/aromatic N) is 1. The van der Waals surface area contributed by atoms with E-state index in [4.69, 9.17) is 10.5 Å². The zero-order valence-electron chi connectivity index (χ0n) is 10.6. The van der Waals surface area contributed by atoms with Gasteiger partial charge in [0.2, 0.25) is 0 Å². The molecule has 5 heteroatoms. The Hall–Kier alpha value is -1.33. The smallest absolute Gasteiger partial charge is 0.183 e. The minimum atomic E-state index is 0.783. The Bertz CT molecular complexity index is 498. The molecule has 2 rings (SSSR count). The molecule has 0 atom stereocenters. The molecule has 0 spiro atoms. The highest BCUT2D eigenvalue weighted by Gasteiger charge is 2.03. The van der Waals surface area contributed by atoms with Gasteiger partial charge in [-0.2, -0.15) is 0 Å². The molecule has 0 unspecified atom stereocenters. The van der Waals surface area contributed by atoms with Gasteiger partial charge in [0.15, 0.2) is 5.13 Å². The molecule has 1 aromatic carbocycles. The lowest BCUT2D eigenvalue weighted by Crippen LogP contribution is -2.05. The molecule has 0 radical (unpaired) electrons. The highest BCUT2D eigenvalue weighted by molar-refractivity contribution is 7.22. The third-order valence-electron chi connectivity index (χ3n) is 2.50. The van der Waals surface area contributed by atoms with Crippen molar-refractivity contribution in [3.05, 3.63) is 18.2 Å². The maximum Gasteiger partial charge on any atom is 0.183 e. The zero-order chi connectivity index (χ0) is 12.8. The molecule has 0 fully saturated rings. The lowest BCUT2D eigenvalue weighted by Gasteiger charge is -2.03. The Morgan fingerprint density at radius 2 is 2.28 bits per heavy atom. The molecule has 0 bridgehead atoms. The number of benzene rings is 1. The van der Waals surface area contributed by atoms with E-state index in [1.807, 2.05) is 18.2 Å². The molecule has 98 valence electrons. The van der Waals surface area contributed by atoms with Crippen LogP contribution in [-0.4, -0.2) is 24.7 Å². The summed E-state index contributed by atoms with van der Waals surface area (Å²) in [6.45, 7) is 4.66. The number of nitrogen functional groups attached to an aromatic ring is 1. The topological polar surface area (TPSA) is 60.2 Å². The van der Waals surface area contributed by atoms with Gasteiger partial charge in [-0.3, -0.25) is 0 Å². The molecule has 0 saturated heterocycles. The highest BCUT2D eigenvalue weighted by Crippen LogP contribution is 2.27. The van der Waals surface area contributed by atoms with Gasteiger partial charge in [-0.25, -0.2) is 4.98 Å². The summed E-state index contributed by atoms with van der Waals surface area (Å²) in [6.07, 6.45) is 2.07. The molecule has 1 heterocycles. The molecular formula is C13H19N3OS. The number of hydrogen-bond acceptors (Lipinski definition) is 5. The maximum atomic E-state index is 5.74. The Morgan fingerprint density at radius 1 is 1.39 bits per heavy atom. The Morgan fingerprint density at radius 3 is 3.11 bits per heavy atom. The van der Waals surface area contributed by atoms with Gasteiger partial charge in [0.05, 0.1) is 10.2 Å². The number of ether oxygens (including phenoxy) is 1. The predicted molar refractivity (Wildman–Crippen MR) is 78.2 cm³/mol. The molecule has 0 aliphatic carbocycles. The number of rotatable bonds is 7. The maximum absolute atomic E-state index is 5.74. The van der Waals surface area contributed by atoms with E-state index >= 15 is 0 Å². The number of hydrogen-bond donors (Lipinski definition) is 2. The van der Waals surface area contributed by atoms with Crippen molar-refractivity contribution < 1.29 is 4.74 Å². The Kier molecular flexibility index (Phi) is 4.78. The van der Waals surface area contributed by atoms with Crippen molar-refractivity contribution >= 4 is 32.4 Å². The van der Waals surface area contributed by atoms with Crippen LogP contribution in [-0.2, 0) is 4.74 Å². The van der Waals surface area contributed by atoms with Crippen LogP contribution >= 0.6 is 11.3 Å². The Balaban J connectivity index is 1.81. The number of aromatic nitrogens is 1. The number of thiazole rings is 1. The van der Waals surface area contributed by atoms with Crippen LogP contribution in [0.5, 0.6) is 0 Å². The molecular weight excluding hydrogens is 246 g/mol. The van der Waals surface area contributed by atoms with Gasteiger partial charge in [0.1, 0.15) is 0 Å². The molecule has 0 aliphatic heterocycles. The van der Waals surface area contributed by atoms with Crippen molar-refractivity contribution in [1.82, 2.24) is 4.98 Å². The Labute approximate surface area is 111 Å². The number of nitrogens with one attached hydrogen (secondary N) is 1. The normalized spacial score (nSPS) is 10.9. The predicted octanol–water partition coefficient (Wildman–Crippen LogP) is 3.11. The van der Waals surface area contributed by atoms with Crippen molar-refractivity contribution in [2.24, 2.45) is 0 Å². The molecule has 1 aromatic heterocycles. The van der Waals surface area contributed by atoms with Gasteiger partial charge < -0.3 is 15.8 Å². The van der Waals surface area contributed by atoms with Crippen molar-refractivity contribution in [2.75, 3.05) is 30.8 Å². The first kappa shape index (κ1) is 13.1. The van der Waals surface area contributed by atoms with Gasteiger partial charge in [0, 0.05) is 25.4 Å². The van der Waals surface area contributed by atoms with Crippen LogP contribution in [0.1, 0.15) is 19.8 Å². The molecule has 4 nitrogen and oxygen atoms in total. The van der Waals surface area contributed by atoms with Crippen LogP contribution in [0, 0.1) is 0 Å². The van der Waals surface area contributed by atoms with Gasteiger partial charge in [-0.15, -0.1) is 0 Å². The zero-order valence-corrected chi connectivity index (χ0v) is 11.4. The van der Waals surface area contributed by atoms with Crippen molar-refractivity contribution in [3.8, 4) is 0 Å². The van der Waals surface area contributed by atoms with E-state index in [9.17, 15) is 0 Å². The summed E-state index contributed by atoms with van der Waals surface area (Å²) in [7, 11) is 0. The summed E-state index contributed by atoms with van der Waals surface area (Å²) in [5, 5.41) is 4.27. The van der Waals surface area contributed by atoms with Crippen molar-refractivity contribution in [2.45, 2.75) is 19.8 Å². The molecule has 3 N–H and O–H groups in total. The van der Waals surface area contributed by atoms with E-state index in [1.54, 1.807) is 11.3 Å². The van der Waals surface area contributed by atoms with Crippen LogP contribution < -0.4 is 11.1 Å². The average Bonchev–Trinajstić information content (AvgIpc) is 2.75. The van der Waals surface area contributed by atoms with E-state index in [0.29, 0.717) is 0 Å². The van der Waals surface area contributed by atoms with Crippen LogP contribution in [0.15, 0.2) is 18.2 Å². The standard InChI is InChI=1S/C13H19N3OS/c1-2-7-17-8-3-6-15-13-16-11-5-4-10(14)9-12(11)18-13/h4-5,9H,2-3,6-8,14H2,1H3,(H,15,16). The minimum Gasteiger partial charge on any atom is -0.399 e. The SMILES string of the molecule is CCCOCCCNc1nc2ccc(N)cc2s1. The van der Waals surface area contributed by atoms with Crippen LogP contribution in [0.25, 0.3) is 10.2 Å². The summed E-state index contributed by atoms with van der Waals surface area (Å²) in [5.74, 6) is 0. The first-order chi connectivity index (χ1) is 8.79. The largest absolute Gasteiger partial charge is 0.399 e. The second kappa shape index (κ2) is 6.56. The number of nitrogens with two attached hydrogens (primary N) is 1.